The molecule has 2 heterocycles. The molecule has 0 atom stereocenters. The second-order valence-corrected chi connectivity index (χ2v) is 8.52. The van der Waals surface area contributed by atoms with Crippen molar-refractivity contribution in [2.75, 3.05) is 11.1 Å². The van der Waals surface area contributed by atoms with E-state index in [1.165, 1.54) is 29.2 Å². The average Bonchev–Trinajstić information content (AvgIpc) is 3.29. The van der Waals surface area contributed by atoms with Gasteiger partial charge < -0.3 is 9.88 Å². The Hall–Kier alpha value is -2.40. The van der Waals surface area contributed by atoms with Crippen LogP contribution in [0.25, 0.3) is 0 Å². The summed E-state index contributed by atoms with van der Waals surface area (Å²) >= 11 is 2.50. The Labute approximate surface area is 173 Å². The van der Waals surface area contributed by atoms with Crippen LogP contribution in [0.5, 0.6) is 0 Å². The van der Waals surface area contributed by atoms with Crippen LogP contribution >= 0.6 is 23.1 Å². The lowest BCUT2D eigenvalue weighted by Crippen LogP contribution is -2.14. The Morgan fingerprint density at radius 1 is 1.34 bits per heavy atom. The maximum absolute atomic E-state index is 12.8. The molecule has 0 aliphatic carbocycles. The van der Waals surface area contributed by atoms with Crippen LogP contribution in [0.3, 0.4) is 0 Å². The minimum Gasteiger partial charge on any atom is -0.306 e. The Balaban J connectivity index is 1.56. The summed E-state index contributed by atoms with van der Waals surface area (Å²) < 4.78 is 40.4. The highest BCUT2D eigenvalue weighted by molar-refractivity contribution is 7.99. The molecule has 0 saturated carbocycles. The molecule has 1 N–H and O–H groups in total. The van der Waals surface area contributed by atoms with Crippen molar-refractivity contribution in [1.29, 1.82) is 0 Å². The lowest BCUT2D eigenvalue weighted by Gasteiger charge is -2.08. The van der Waals surface area contributed by atoms with Gasteiger partial charge in [-0.15, -0.1) is 21.5 Å². The minimum absolute atomic E-state index is 0.147. The van der Waals surface area contributed by atoms with Gasteiger partial charge in [-0.25, -0.2) is 4.98 Å². The third-order valence-corrected chi connectivity index (χ3v) is 5.73. The highest BCUT2D eigenvalue weighted by atomic mass is 32.2. The molecule has 3 rings (SSSR count). The van der Waals surface area contributed by atoms with Crippen molar-refractivity contribution < 1.29 is 18.0 Å². The van der Waals surface area contributed by atoms with Crippen LogP contribution in [0, 0.1) is 0 Å². The number of hydrogen-bond acceptors (Lipinski definition) is 6. The highest BCUT2D eigenvalue weighted by Crippen LogP contribution is 2.30. The van der Waals surface area contributed by atoms with Crippen molar-refractivity contribution in [3.05, 3.63) is 52.8 Å². The molecule has 0 saturated heterocycles. The monoisotopic (exact) mass is 441 g/mol. The van der Waals surface area contributed by atoms with E-state index in [0.717, 1.165) is 17.0 Å². The molecule has 3 aromatic rings. The fourth-order valence-corrected chi connectivity index (χ4v) is 4.19. The second kappa shape index (κ2) is 8.95. The first-order valence-electron chi connectivity index (χ1n) is 8.65. The number of aromatic nitrogens is 4. The summed E-state index contributed by atoms with van der Waals surface area (Å²) in [6.45, 7) is 3.99. The van der Waals surface area contributed by atoms with Gasteiger partial charge in [-0.05, 0) is 25.5 Å². The quantitative estimate of drug-likeness (QED) is 0.540. The summed E-state index contributed by atoms with van der Waals surface area (Å²) in [5.41, 5.74) is -0.149. The number of anilines is 1. The predicted molar refractivity (Wildman–Crippen MR) is 106 cm³/mol. The first-order valence-corrected chi connectivity index (χ1v) is 10.5. The van der Waals surface area contributed by atoms with Crippen LogP contribution in [0.2, 0.25) is 0 Å². The zero-order valence-corrected chi connectivity index (χ0v) is 17.2. The van der Waals surface area contributed by atoms with Crippen molar-refractivity contribution in [2.24, 2.45) is 0 Å². The Morgan fingerprint density at radius 2 is 2.14 bits per heavy atom. The van der Waals surface area contributed by atoms with Crippen LogP contribution in [-0.2, 0) is 17.4 Å². The van der Waals surface area contributed by atoms with E-state index in [2.05, 4.69) is 20.5 Å². The van der Waals surface area contributed by atoms with Gasteiger partial charge >= 0.3 is 6.18 Å². The van der Waals surface area contributed by atoms with Crippen molar-refractivity contribution in [2.45, 2.75) is 37.6 Å². The van der Waals surface area contributed by atoms with E-state index in [9.17, 15) is 18.0 Å². The standard InChI is InChI=1S/C18H18F3N5OS2/c1-11(2)26-10-23-25-17(26)28-9-15(27)24-16-22-8-14(29-16)7-12-4-3-5-13(6-12)18(19,20)21/h3-6,8,10-11H,7,9H2,1-2H3,(H,22,24,27). The Bertz CT molecular complexity index is 984. The molecule has 0 aliphatic heterocycles. The molecular formula is C18H18F3N5OS2. The summed E-state index contributed by atoms with van der Waals surface area (Å²) in [6.07, 6.45) is -0.890. The molecule has 0 aliphatic rings. The van der Waals surface area contributed by atoms with Gasteiger partial charge in [0.05, 0.1) is 11.3 Å². The number of nitrogens with one attached hydrogen (secondary N) is 1. The number of alkyl halides is 3. The van der Waals surface area contributed by atoms with Gasteiger partial charge in [-0.1, -0.05) is 30.0 Å². The van der Waals surface area contributed by atoms with Gasteiger partial charge in [0.2, 0.25) is 5.91 Å². The third kappa shape index (κ3) is 5.80. The van der Waals surface area contributed by atoms with E-state index in [0.29, 0.717) is 22.3 Å². The van der Waals surface area contributed by atoms with Crippen LogP contribution in [0.4, 0.5) is 18.3 Å². The minimum atomic E-state index is -4.37. The van der Waals surface area contributed by atoms with E-state index in [4.69, 9.17) is 0 Å². The molecule has 11 heteroatoms. The molecule has 0 spiro atoms. The highest BCUT2D eigenvalue weighted by Gasteiger charge is 2.30. The van der Waals surface area contributed by atoms with Gasteiger partial charge in [0.25, 0.3) is 0 Å². The van der Waals surface area contributed by atoms with Crippen molar-refractivity contribution in [3.8, 4) is 0 Å². The fraction of sp³-hybridized carbons (Fsp3) is 0.333. The fourth-order valence-electron chi connectivity index (χ4n) is 2.48. The maximum atomic E-state index is 12.8. The summed E-state index contributed by atoms with van der Waals surface area (Å²) in [6, 6.07) is 5.37. The van der Waals surface area contributed by atoms with Crippen LogP contribution < -0.4 is 5.32 Å². The SMILES string of the molecule is CC(C)n1cnnc1SCC(=O)Nc1ncc(Cc2cccc(C(F)(F)F)c2)s1. The van der Waals surface area contributed by atoms with Crippen LogP contribution in [0.15, 0.2) is 41.9 Å². The van der Waals surface area contributed by atoms with E-state index in [1.807, 2.05) is 18.4 Å². The van der Waals surface area contributed by atoms with Crippen molar-refractivity contribution >= 4 is 34.1 Å². The number of hydrogen-bond donors (Lipinski definition) is 1. The normalized spacial score (nSPS) is 11.8. The largest absolute Gasteiger partial charge is 0.416 e. The molecule has 0 bridgehead atoms. The summed E-state index contributed by atoms with van der Waals surface area (Å²) in [5, 5.41) is 11.6. The van der Waals surface area contributed by atoms with Crippen LogP contribution in [-0.4, -0.2) is 31.4 Å². The van der Waals surface area contributed by atoms with Gasteiger partial charge in [0.1, 0.15) is 6.33 Å². The average molecular weight is 442 g/mol. The number of carbonyl (C=O) groups is 1. The molecule has 0 radical (unpaired) electrons. The van der Waals surface area contributed by atoms with Crippen LogP contribution in [0.1, 0.15) is 35.9 Å². The van der Waals surface area contributed by atoms with E-state index in [1.54, 1.807) is 18.6 Å². The summed E-state index contributed by atoms with van der Waals surface area (Å²) in [7, 11) is 0. The van der Waals surface area contributed by atoms with Crippen molar-refractivity contribution in [1.82, 2.24) is 19.7 Å². The molecule has 1 aromatic carbocycles. The van der Waals surface area contributed by atoms with E-state index in [-0.39, 0.29) is 17.7 Å². The summed E-state index contributed by atoms with van der Waals surface area (Å²) in [5.74, 6) is -0.0956. The van der Waals surface area contributed by atoms with Gasteiger partial charge in [0.15, 0.2) is 10.3 Å². The number of thioether (sulfide) groups is 1. The number of benzene rings is 1. The van der Waals surface area contributed by atoms with Crippen molar-refractivity contribution in [3.63, 3.8) is 0 Å². The number of halogens is 3. The predicted octanol–water partition coefficient (Wildman–Crippen LogP) is 4.66. The van der Waals surface area contributed by atoms with Gasteiger partial charge in [-0.2, -0.15) is 13.2 Å². The number of carbonyl (C=O) groups excluding carboxylic acids is 1. The molecule has 1 amide bonds. The van der Waals surface area contributed by atoms with Gasteiger partial charge in [0, 0.05) is 23.5 Å². The first-order chi connectivity index (χ1) is 13.7. The number of amides is 1. The van der Waals surface area contributed by atoms with E-state index < -0.39 is 11.7 Å². The second-order valence-electron chi connectivity index (χ2n) is 6.46. The zero-order valence-electron chi connectivity index (χ0n) is 15.6. The number of thiazole rings is 1. The number of rotatable bonds is 7. The van der Waals surface area contributed by atoms with E-state index >= 15 is 0 Å². The molecular weight excluding hydrogens is 423 g/mol. The molecule has 2 aromatic heterocycles. The first kappa shape index (κ1) is 21.3. The molecule has 29 heavy (non-hydrogen) atoms. The lowest BCUT2D eigenvalue weighted by molar-refractivity contribution is -0.137. The Kier molecular flexibility index (Phi) is 6.58. The maximum Gasteiger partial charge on any atom is 0.416 e. The molecule has 0 unspecified atom stereocenters. The van der Waals surface area contributed by atoms with Gasteiger partial charge in [-0.3, -0.25) is 4.79 Å². The topological polar surface area (TPSA) is 72.7 Å². The smallest absolute Gasteiger partial charge is 0.306 e. The number of nitrogens with zero attached hydrogens (tertiary/aromatic N) is 4. The third-order valence-electron chi connectivity index (χ3n) is 3.86. The lowest BCUT2D eigenvalue weighted by atomic mass is 10.1. The molecule has 6 nitrogen and oxygen atoms in total. The molecule has 0 fully saturated rings. The summed E-state index contributed by atoms with van der Waals surface area (Å²) in [4.78, 5) is 17.1. The molecule has 154 valence electrons. The zero-order chi connectivity index (χ0) is 21.0. The Morgan fingerprint density at radius 3 is 2.86 bits per heavy atom.